The lowest BCUT2D eigenvalue weighted by atomic mass is 9.86. The minimum absolute atomic E-state index is 0.0181. The molecule has 2 rings (SSSR count). The van der Waals surface area contributed by atoms with Gasteiger partial charge in [-0.3, -0.25) is 0 Å². The van der Waals surface area contributed by atoms with Crippen LogP contribution in [0.15, 0.2) is 18.2 Å². The van der Waals surface area contributed by atoms with Gasteiger partial charge < -0.3 is 9.47 Å². The smallest absolute Gasteiger partial charge is 0.261 e. The monoisotopic (exact) mass is 348 g/mol. The molecule has 1 aromatic rings. The summed E-state index contributed by atoms with van der Waals surface area (Å²) in [5.74, 6) is 0.937. The Morgan fingerprint density at radius 2 is 2.15 bits per heavy atom. The molecule has 0 amide bonds. The number of rotatable bonds is 6. The maximum absolute atomic E-state index is 12.0. The van der Waals surface area contributed by atoms with E-state index in [1.165, 1.54) is 5.56 Å². The molecule has 1 atom stereocenters. The van der Waals surface area contributed by atoms with Gasteiger partial charge in [0.15, 0.2) is 0 Å². The van der Waals surface area contributed by atoms with Crippen molar-refractivity contribution >= 4 is 15.9 Å². The summed E-state index contributed by atoms with van der Waals surface area (Å²) < 4.78 is 34.5. The van der Waals surface area contributed by atoms with Gasteiger partial charge >= 0.3 is 0 Å². The summed E-state index contributed by atoms with van der Waals surface area (Å²) in [7, 11) is 0. The lowest BCUT2D eigenvalue weighted by Crippen LogP contribution is -2.18. The third-order valence-electron chi connectivity index (χ3n) is 3.44. The van der Waals surface area contributed by atoms with Crippen molar-refractivity contribution in [1.82, 2.24) is 0 Å². The zero-order chi connectivity index (χ0) is 14.8. The second-order valence-electron chi connectivity index (χ2n) is 5.65. The SMILES string of the molecule is CC1(C)COc2ccc(C(Br)CCOCC(F)F)cc21. The van der Waals surface area contributed by atoms with Crippen molar-refractivity contribution in [3.05, 3.63) is 29.3 Å². The largest absolute Gasteiger partial charge is 0.492 e. The van der Waals surface area contributed by atoms with Crippen LogP contribution in [0.4, 0.5) is 8.78 Å². The molecule has 0 radical (unpaired) electrons. The lowest BCUT2D eigenvalue weighted by molar-refractivity contribution is 0.0167. The second kappa shape index (κ2) is 6.39. The van der Waals surface area contributed by atoms with Crippen molar-refractivity contribution < 1.29 is 18.3 Å². The summed E-state index contributed by atoms with van der Waals surface area (Å²) in [4.78, 5) is 0.0990. The fraction of sp³-hybridized carbons (Fsp3) is 0.600. The van der Waals surface area contributed by atoms with E-state index >= 15 is 0 Å². The van der Waals surface area contributed by atoms with Crippen molar-refractivity contribution in [2.24, 2.45) is 0 Å². The molecule has 112 valence electrons. The highest BCUT2D eigenvalue weighted by Crippen LogP contribution is 2.41. The van der Waals surface area contributed by atoms with E-state index in [2.05, 4.69) is 35.8 Å². The summed E-state index contributed by atoms with van der Waals surface area (Å²) in [5.41, 5.74) is 2.35. The molecule has 1 aliphatic heterocycles. The van der Waals surface area contributed by atoms with Gasteiger partial charge in [0.25, 0.3) is 6.43 Å². The van der Waals surface area contributed by atoms with E-state index in [9.17, 15) is 8.78 Å². The molecule has 1 heterocycles. The molecule has 0 bridgehead atoms. The Bertz CT molecular complexity index is 463. The third-order valence-corrected chi connectivity index (χ3v) is 4.43. The average molecular weight is 349 g/mol. The molecule has 1 unspecified atom stereocenters. The van der Waals surface area contributed by atoms with Gasteiger partial charge in [0, 0.05) is 22.4 Å². The number of alkyl halides is 3. The fourth-order valence-corrected chi connectivity index (χ4v) is 2.73. The van der Waals surface area contributed by atoms with Gasteiger partial charge in [-0.2, -0.15) is 0 Å². The summed E-state index contributed by atoms with van der Waals surface area (Å²) in [6.45, 7) is 4.81. The van der Waals surface area contributed by atoms with Crippen LogP contribution in [0.2, 0.25) is 0 Å². The van der Waals surface area contributed by atoms with Crippen LogP contribution >= 0.6 is 15.9 Å². The normalized spacial score (nSPS) is 17.9. The van der Waals surface area contributed by atoms with Crippen LogP contribution in [0.1, 0.15) is 36.2 Å². The summed E-state index contributed by atoms with van der Waals surface area (Å²) in [6, 6.07) is 6.12. The molecule has 0 saturated carbocycles. The molecule has 0 spiro atoms. The van der Waals surface area contributed by atoms with E-state index in [1.54, 1.807) is 0 Å². The zero-order valence-corrected chi connectivity index (χ0v) is 13.3. The van der Waals surface area contributed by atoms with Crippen LogP contribution in [0.5, 0.6) is 5.75 Å². The molecule has 0 aromatic heterocycles. The quantitative estimate of drug-likeness (QED) is 0.558. The van der Waals surface area contributed by atoms with E-state index in [0.29, 0.717) is 19.6 Å². The molecular formula is C15H19BrF2O2. The van der Waals surface area contributed by atoms with Gasteiger partial charge in [-0.1, -0.05) is 41.9 Å². The molecule has 1 aromatic carbocycles. The molecule has 20 heavy (non-hydrogen) atoms. The van der Waals surface area contributed by atoms with Gasteiger partial charge in [0.1, 0.15) is 12.4 Å². The highest BCUT2D eigenvalue weighted by Gasteiger charge is 2.32. The Labute approximate surface area is 126 Å². The van der Waals surface area contributed by atoms with Crippen LogP contribution in [0.3, 0.4) is 0 Å². The van der Waals surface area contributed by atoms with Gasteiger partial charge in [-0.15, -0.1) is 0 Å². The highest BCUT2D eigenvalue weighted by atomic mass is 79.9. The minimum atomic E-state index is -2.40. The van der Waals surface area contributed by atoms with Crippen LogP contribution in [0.25, 0.3) is 0 Å². The second-order valence-corrected chi connectivity index (χ2v) is 6.76. The summed E-state index contributed by atoms with van der Waals surface area (Å²) >= 11 is 3.59. The van der Waals surface area contributed by atoms with E-state index in [1.807, 2.05) is 12.1 Å². The van der Waals surface area contributed by atoms with Gasteiger partial charge in [0.2, 0.25) is 0 Å². The maximum Gasteiger partial charge on any atom is 0.261 e. The molecule has 2 nitrogen and oxygen atoms in total. The number of hydrogen-bond acceptors (Lipinski definition) is 2. The molecule has 0 saturated heterocycles. The average Bonchev–Trinajstić information content (AvgIpc) is 2.70. The van der Waals surface area contributed by atoms with Gasteiger partial charge in [-0.05, 0) is 18.1 Å². The topological polar surface area (TPSA) is 18.5 Å². The Morgan fingerprint density at radius 1 is 1.40 bits per heavy atom. The molecule has 1 aliphatic rings. The predicted octanol–water partition coefficient (Wildman–Crippen LogP) is 4.46. The van der Waals surface area contributed by atoms with Crippen LogP contribution in [0, 0.1) is 0 Å². The van der Waals surface area contributed by atoms with Crippen molar-refractivity contribution in [2.75, 3.05) is 19.8 Å². The Morgan fingerprint density at radius 3 is 2.85 bits per heavy atom. The van der Waals surface area contributed by atoms with Crippen molar-refractivity contribution in [3.8, 4) is 5.75 Å². The van der Waals surface area contributed by atoms with Gasteiger partial charge in [-0.25, -0.2) is 8.78 Å². The molecule has 5 heteroatoms. The van der Waals surface area contributed by atoms with E-state index in [0.717, 1.165) is 11.3 Å². The van der Waals surface area contributed by atoms with Crippen molar-refractivity contribution in [3.63, 3.8) is 0 Å². The number of halogens is 3. The molecule has 0 N–H and O–H groups in total. The summed E-state index contributed by atoms with van der Waals surface area (Å²) in [6.07, 6.45) is -1.74. The highest BCUT2D eigenvalue weighted by molar-refractivity contribution is 9.09. The number of ether oxygens (including phenoxy) is 2. The molecular weight excluding hydrogens is 330 g/mol. The van der Waals surface area contributed by atoms with Gasteiger partial charge in [0.05, 0.1) is 6.61 Å². The first kappa shape index (κ1) is 15.7. The number of hydrogen-bond donors (Lipinski definition) is 0. The molecule has 0 aliphatic carbocycles. The molecule has 0 fully saturated rings. The first-order valence-electron chi connectivity index (χ1n) is 6.67. The number of fused-ring (bicyclic) bond motifs is 1. The van der Waals surface area contributed by atoms with Crippen molar-refractivity contribution in [2.45, 2.75) is 36.9 Å². The van der Waals surface area contributed by atoms with E-state index in [-0.39, 0.29) is 10.2 Å². The van der Waals surface area contributed by atoms with Crippen LogP contribution in [-0.4, -0.2) is 26.2 Å². The zero-order valence-electron chi connectivity index (χ0n) is 11.7. The number of benzene rings is 1. The van der Waals surface area contributed by atoms with Crippen LogP contribution < -0.4 is 4.74 Å². The van der Waals surface area contributed by atoms with Crippen LogP contribution in [-0.2, 0) is 10.2 Å². The first-order valence-corrected chi connectivity index (χ1v) is 7.59. The standard InChI is InChI=1S/C15H19BrF2O2/c1-15(2)9-20-13-4-3-10(7-11(13)15)12(16)5-6-19-8-14(17)18/h3-4,7,12,14H,5-6,8-9H2,1-2H3. The maximum atomic E-state index is 12.0. The van der Waals surface area contributed by atoms with E-state index in [4.69, 9.17) is 9.47 Å². The predicted molar refractivity (Wildman–Crippen MR) is 78.1 cm³/mol. The minimum Gasteiger partial charge on any atom is -0.492 e. The summed E-state index contributed by atoms with van der Waals surface area (Å²) in [5, 5.41) is 0. The Balaban J connectivity index is 1.96. The lowest BCUT2D eigenvalue weighted by Gasteiger charge is -2.17. The van der Waals surface area contributed by atoms with E-state index < -0.39 is 13.0 Å². The fourth-order valence-electron chi connectivity index (χ4n) is 2.26. The Kier molecular flexibility index (Phi) is 5.02. The first-order chi connectivity index (χ1) is 9.40. The van der Waals surface area contributed by atoms with Crippen molar-refractivity contribution in [1.29, 1.82) is 0 Å². The third kappa shape index (κ3) is 3.70. The Hall–Kier alpha value is -0.680.